The lowest BCUT2D eigenvalue weighted by molar-refractivity contribution is 0.0836. The molecule has 0 heterocycles. The first-order valence-corrected chi connectivity index (χ1v) is 5.79. The number of aliphatic hydroxyl groups excluding tert-OH is 1. The Balaban J connectivity index is 2.90. The highest BCUT2D eigenvalue weighted by molar-refractivity contribution is 5.97. The van der Waals surface area contributed by atoms with Gasteiger partial charge >= 0.3 is 0 Å². The van der Waals surface area contributed by atoms with E-state index in [0.717, 1.165) is 0 Å². The zero-order valence-corrected chi connectivity index (χ0v) is 11.3. The maximum absolute atomic E-state index is 12.1. The summed E-state index contributed by atoms with van der Waals surface area (Å²) in [5, 5.41) is 11.8. The van der Waals surface area contributed by atoms with Crippen molar-refractivity contribution in [3.8, 4) is 11.5 Å². The van der Waals surface area contributed by atoms with Gasteiger partial charge in [-0.05, 0) is 18.2 Å². The van der Waals surface area contributed by atoms with Gasteiger partial charge in [-0.2, -0.15) is 0 Å². The van der Waals surface area contributed by atoms with Gasteiger partial charge in [0.1, 0.15) is 11.5 Å². The van der Waals surface area contributed by atoms with Gasteiger partial charge in [0.15, 0.2) is 0 Å². The van der Waals surface area contributed by atoms with Crippen molar-refractivity contribution in [3.63, 3.8) is 0 Å². The Morgan fingerprint density at radius 3 is 2.58 bits per heavy atom. The molecule has 1 rings (SSSR count). The number of carbonyl (C=O) groups is 1. The third-order valence-electron chi connectivity index (χ3n) is 2.57. The summed E-state index contributed by atoms with van der Waals surface area (Å²) in [6.07, 6.45) is 0. The van der Waals surface area contributed by atoms with E-state index in [1.54, 1.807) is 18.2 Å². The van der Waals surface area contributed by atoms with Crippen LogP contribution >= 0.6 is 0 Å². The summed E-state index contributed by atoms with van der Waals surface area (Å²) < 4.78 is 15.1. The number of hydrogen-bond donors (Lipinski definition) is 2. The van der Waals surface area contributed by atoms with Crippen LogP contribution < -0.4 is 14.8 Å². The highest BCUT2D eigenvalue weighted by Crippen LogP contribution is 2.23. The van der Waals surface area contributed by atoms with Crippen LogP contribution in [0.15, 0.2) is 18.2 Å². The molecule has 0 spiro atoms. The van der Waals surface area contributed by atoms with E-state index in [2.05, 4.69) is 5.32 Å². The second kappa shape index (κ2) is 7.60. The Bertz CT molecular complexity index is 421. The van der Waals surface area contributed by atoms with Crippen molar-refractivity contribution in [1.82, 2.24) is 5.32 Å². The molecule has 106 valence electrons. The van der Waals surface area contributed by atoms with Gasteiger partial charge in [-0.15, -0.1) is 0 Å². The van der Waals surface area contributed by atoms with Gasteiger partial charge in [0.05, 0.1) is 39.0 Å². The third-order valence-corrected chi connectivity index (χ3v) is 2.57. The molecule has 0 radical (unpaired) electrons. The van der Waals surface area contributed by atoms with Crippen LogP contribution in [-0.4, -0.2) is 51.6 Å². The smallest absolute Gasteiger partial charge is 0.255 e. The fourth-order valence-electron chi connectivity index (χ4n) is 1.60. The fraction of sp³-hybridized carbons (Fsp3) is 0.462. The second-order valence-electron chi connectivity index (χ2n) is 3.87. The topological polar surface area (TPSA) is 77.0 Å². The van der Waals surface area contributed by atoms with E-state index in [1.807, 2.05) is 0 Å². The first kappa shape index (κ1) is 15.3. The lowest BCUT2D eigenvalue weighted by atomic mass is 10.1. The van der Waals surface area contributed by atoms with Crippen LogP contribution in [0.3, 0.4) is 0 Å². The van der Waals surface area contributed by atoms with Crippen LogP contribution in [0.25, 0.3) is 0 Å². The van der Waals surface area contributed by atoms with Crippen LogP contribution in [0.5, 0.6) is 11.5 Å². The van der Waals surface area contributed by atoms with Gasteiger partial charge in [-0.1, -0.05) is 0 Å². The molecule has 1 unspecified atom stereocenters. The minimum atomic E-state index is -0.464. The van der Waals surface area contributed by atoms with Crippen LogP contribution in [0, 0.1) is 0 Å². The SMILES string of the molecule is COCC(CO)NC(=O)c1cc(OC)ccc1OC. The Kier molecular flexibility index (Phi) is 6.11. The molecule has 6 heteroatoms. The molecule has 1 aromatic carbocycles. The molecular weight excluding hydrogens is 250 g/mol. The number of ether oxygens (including phenoxy) is 3. The van der Waals surface area contributed by atoms with Crippen LogP contribution in [0.1, 0.15) is 10.4 Å². The average molecular weight is 269 g/mol. The molecule has 6 nitrogen and oxygen atoms in total. The molecule has 19 heavy (non-hydrogen) atoms. The maximum Gasteiger partial charge on any atom is 0.255 e. The third kappa shape index (κ3) is 4.11. The van der Waals surface area contributed by atoms with Crippen LogP contribution in [-0.2, 0) is 4.74 Å². The summed E-state index contributed by atoms with van der Waals surface area (Å²) in [4.78, 5) is 12.1. The fourth-order valence-corrected chi connectivity index (χ4v) is 1.60. The number of carbonyl (C=O) groups excluding carboxylic acids is 1. The lowest BCUT2D eigenvalue weighted by Crippen LogP contribution is -2.40. The minimum absolute atomic E-state index is 0.203. The molecule has 0 saturated heterocycles. The van der Waals surface area contributed by atoms with Crippen molar-refractivity contribution >= 4 is 5.91 Å². The number of hydrogen-bond acceptors (Lipinski definition) is 5. The van der Waals surface area contributed by atoms with E-state index in [0.29, 0.717) is 17.1 Å². The maximum atomic E-state index is 12.1. The highest BCUT2D eigenvalue weighted by atomic mass is 16.5. The molecule has 0 aliphatic carbocycles. The summed E-state index contributed by atoms with van der Waals surface area (Å²) in [6, 6.07) is 4.47. The van der Waals surface area contributed by atoms with E-state index in [9.17, 15) is 4.79 Å². The van der Waals surface area contributed by atoms with Crippen molar-refractivity contribution in [1.29, 1.82) is 0 Å². The number of nitrogens with one attached hydrogen (secondary N) is 1. The summed E-state index contributed by atoms with van der Waals surface area (Å²) in [5.74, 6) is 0.637. The Labute approximate surface area is 112 Å². The van der Waals surface area contributed by atoms with Gasteiger partial charge in [0.25, 0.3) is 5.91 Å². The Hall–Kier alpha value is -1.79. The average Bonchev–Trinajstić information content (AvgIpc) is 2.45. The van der Waals surface area contributed by atoms with E-state index >= 15 is 0 Å². The molecule has 0 aliphatic heterocycles. The molecule has 2 N–H and O–H groups in total. The summed E-state index contributed by atoms with van der Waals surface area (Å²) >= 11 is 0. The molecule has 1 aromatic rings. The van der Waals surface area contributed by atoms with Gasteiger partial charge in [0, 0.05) is 7.11 Å². The van der Waals surface area contributed by atoms with E-state index < -0.39 is 6.04 Å². The van der Waals surface area contributed by atoms with Crippen molar-refractivity contribution in [2.75, 3.05) is 34.5 Å². The lowest BCUT2D eigenvalue weighted by Gasteiger charge is -2.16. The largest absolute Gasteiger partial charge is 0.497 e. The van der Waals surface area contributed by atoms with Crippen molar-refractivity contribution in [2.45, 2.75) is 6.04 Å². The number of methoxy groups -OCH3 is 3. The second-order valence-corrected chi connectivity index (χ2v) is 3.87. The summed E-state index contributed by atoms with van der Waals surface area (Å²) in [5.41, 5.74) is 0.344. The monoisotopic (exact) mass is 269 g/mol. The Morgan fingerprint density at radius 1 is 1.32 bits per heavy atom. The van der Waals surface area contributed by atoms with E-state index in [4.69, 9.17) is 19.3 Å². The van der Waals surface area contributed by atoms with Crippen LogP contribution in [0.2, 0.25) is 0 Å². The zero-order chi connectivity index (χ0) is 14.3. The van der Waals surface area contributed by atoms with Gasteiger partial charge in [-0.25, -0.2) is 0 Å². The molecule has 0 aliphatic rings. The molecule has 0 fully saturated rings. The molecule has 0 saturated carbocycles. The zero-order valence-electron chi connectivity index (χ0n) is 11.3. The minimum Gasteiger partial charge on any atom is -0.497 e. The van der Waals surface area contributed by atoms with Gasteiger partial charge in [-0.3, -0.25) is 4.79 Å². The molecule has 0 aromatic heterocycles. The number of amides is 1. The first-order chi connectivity index (χ1) is 9.15. The molecule has 0 bridgehead atoms. The van der Waals surface area contributed by atoms with E-state index in [-0.39, 0.29) is 19.1 Å². The molecule has 1 atom stereocenters. The predicted molar refractivity (Wildman–Crippen MR) is 69.8 cm³/mol. The van der Waals surface area contributed by atoms with Gasteiger partial charge in [0.2, 0.25) is 0 Å². The number of benzene rings is 1. The van der Waals surface area contributed by atoms with Crippen LogP contribution in [0.4, 0.5) is 0 Å². The van der Waals surface area contributed by atoms with Crippen molar-refractivity contribution in [2.24, 2.45) is 0 Å². The summed E-state index contributed by atoms with van der Waals surface area (Å²) in [7, 11) is 4.50. The highest BCUT2D eigenvalue weighted by Gasteiger charge is 2.17. The molecular formula is C13H19NO5. The standard InChI is InChI=1S/C13H19NO5/c1-17-8-9(7-15)14-13(16)11-6-10(18-2)4-5-12(11)19-3/h4-6,9,15H,7-8H2,1-3H3,(H,14,16). The van der Waals surface area contributed by atoms with Crippen molar-refractivity contribution < 1.29 is 24.1 Å². The summed E-state index contributed by atoms with van der Waals surface area (Å²) in [6.45, 7) is 0.0282. The Morgan fingerprint density at radius 2 is 2.05 bits per heavy atom. The number of aliphatic hydroxyl groups is 1. The van der Waals surface area contributed by atoms with E-state index in [1.165, 1.54) is 21.3 Å². The first-order valence-electron chi connectivity index (χ1n) is 5.79. The van der Waals surface area contributed by atoms with Gasteiger partial charge < -0.3 is 24.6 Å². The predicted octanol–water partition coefficient (Wildman–Crippen LogP) is 0.441. The number of rotatable bonds is 7. The molecule has 1 amide bonds. The normalized spacial score (nSPS) is 11.8. The van der Waals surface area contributed by atoms with Crippen molar-refractivity contribution in [3.05, 3.63) is 23.8 Å². The quantitative estimate of drug-likeness (QED) is 0.751.